The Bertz CT molecular complexity index is 1110. The average Bonchev–Trinajstić information content (AvgIpc) is 2.70. The van der Waals surface area contributed by atoms with E-state index in [0.717, 1.165) is 11.1 Å². The zero-order valence-electron chi connectivity index (χ0n) is 17.1. The molecule has 0 aliphatic heterocycles. The van der Waals surface area contributed by atoms with E-state index < -0.39 is 0 Å². The minimum atomic E-state index is -0.349. The summed E-state index contributed by atoms with van der Waals surface area (Å²) >= 11 is 0. The number of benzene rings is 3. The predicted molar refractivity (Wildman–Crippen MR) is 117 cm³/mol. The third kappa shape index (κ3) is 5.06. The van der Waals surface area contributed by atoms with Crippen LogP contribution in [0.4, 0.5) is 16.0 Å². The SMILES string of the molecule is Cc1cccc(Cc2nc(Cc3cccc(C)c3)nc(Nc3ccccc3F)n2)c1. The van der Waals surface area contributed by atoms with E-state index in [0.29, 0.717) is 36.1 Å². The van der Waals surface area contributed by atoms with Gasteiger partial charge in [-0.2, -0.15) is 9.97 Å². The van der Waals surface area contributed by atoms with Crippen molar-refractivity contribution in [1.29, 1.82) is 0 Å². The van der Waals surface area contributed by atoms with E-state index in [4.69, 9.17) is 4.98 Å². The average molecular weight is 398 g/mol. The minimum Gasteiger partial charge on any atom is -0.322 e. The Morgan fingerprint density at radius 2 is 1.27 bits per heavy atom. The van der Waals surface area contributed by atoms with Crippen molar-refractivity contribution in [3.63, 3.8) is 0 Å². The molecule has 150 valence electrons. The monoisotopic (exact) mass is 398 g/mol. The summed E-state index contributed by atoms with van der Waals surface area (Å²) in [6.45, 7) is 4.12. The van der Waals surface area contributed by atoms with Gasteiger partial charge < -0.3 is 5.32 Å². The van der Waals surface area contributed by atoms with E-state index in [2.05, 4.69) is 65.5 Å². The molecule has 0 spiro atoms. The Hall–Kier alpha value is -3.60. The number of halogens is 1. The molecule has 4 nitrogen and oxygen atoms in total. The lowest BCUT2D eigenvalue weighted by Gasteiger charge is -2.10. The lowest BCUT2D eigenvalue weighted by molar-refractivity contribution is 0.631. The van der Waals surface area contributed by atoms with Gasteiger partial charge in [-0.25, -0.2) is 9.37 Å². The first kappa shape index (κ1) is 19.7. The van der Waals surface area contributed by atoms with Crippen LogP contribution < -0.4 is 5.32 Å². The van der Waals surface area contributed by atoms with Crippen LogP contribution >= 0.6 is 0 Å². The molecule has 30 heavy (non-hydrogen) atoms. The predicted octanol–water partition coefficient (Wildman–Crippen LogP) is 5.55. The van der Waals surface area contributed by atoms with Gasteiger partial charge in [-0.1, -0.05) is 71.8 Å². The first-order chi connectivity index (χ1) is 14.5. The second-order valence-corrected chi connectivity index (χ2v) is 7.43. The summed E-state index contributed by atoms with van der Waals surface area (Å²) in [5.74, 6) is 1.30. The molecule has 5 heteroatoms. The van der Waals surface area contributed by atoms with Crippen LogP contribution in [0.1, 0.15) is 33.9 Å². The van der Waals surface area contributed by atoms with Gasteiger partial charge >= 0.3 is 0 Å². The second-order valence-electron chi connectivity index (χ2n) is 7.43. The number of hydrogen-bond acceptors (Lipinski definition) is 4. The molecule has 0 aliphatic carbocycles. The number of nitrogens with one attached hydrogen (secondary N) is 1. The largest absolute Gasteiger partial charge is 0.322 e. The van der Waals surface area contributed by atoms with Crippen LogP contribution in [0.25, 0.3) is 0 Å². The van der Waals surface area contributed by atoms with Gasteiger partial charge in [-0.05, 0) is 37.1 Å². The van der Waals surface area contributed by atoms with Crippen molar-refractivity contribution in [2.24, 2.45) is 0 Å². The van der Waals surface area contributed by atoms with Crippen LogP contribution in [-0.4, -0.2) is 15.0 Å². The first-order valence-corrected chi connectivity index (χ1v) is 9.91. The van der Waals surface area contributed by atoms with Crippen molar-refractivity contribution in [3.05, 3.63) is 113 Å². The molecule has 0 fully saturated rings. The van der Waals surface area contributed by atoms with Crippen molar-refractivity contribution in [2.75, 3.05) is 5.32 Å². The van der Waals surface area contributed by atoms with Crippen LogP contribution in [-0.2, 0) is 12.8 Å². The summed E-state index contributed by atoms with van der Waals surface area (Å²) in [4.78, 5) is 13.8. The molecule has 0 unspecified atom stereocenters. The summed E-state index contributed by atoms with van der Waals surface area (Å²) in [6.07, 6.45) is 1.16. The van der Waals surface area contributed by atoms with E-state index in [9.17, 15) is 4.39 Å². The highest BCUT2D eigenvalue weighted by Crippen LogP contribution is 2.19. The van der Waals surface area contributed by atoms with Gasteiger partial charge in [-0.3, -0.25) is 0 Å². The molecule has 0 saturated carbocycles. The molecule has 4 aromatic rings. The summed E-state index contributed by atoms with van der Waals surface area (Å²) in [5.41, 5.74) is 4.96. The van der Waals surface area contributed by atoms with E-state index in [1.807, 2.05) is 12.1 Å². The molecule has 1 N–H and O–H groups in total. The molecule has 4 rings (SSSR count). The standard InChI is InChI=1S/C25H23FN4/c1-17-7-5-9-19(13-17)15-23-28-24(16-20-10-6-8-18(2)14-20)30-25(29-23)27-22-12-4-3-11-21(22)26/h3-14H,15-16H2,1-2H3,(H,27,28,29,30). The fourth-order valence-electron chi connectivity index (χ4n) is 3.37. The van der Waals surface area contributed by atoms with Crippen molar-refractivity contribution in [1.82, 2.24) is 15.0 Å². The smallest absolute Gasteiger partial charge is 0.230 e. The maximum Gasteiger partial charge on any atom is 0.230 e. The summed E-state index contributed by atoms with van der Waals surface area (Å²) in [5, 5.41) is 3.01. The van der Waals surface area contributed by atoms with Crippen LogP contribution in [0.15, 0.2) is 72.8 Å². The highest BCUT2D eigenvalue weighted by atomic mass is 19.1. The van der Waals surface area contributed by atoms with E-state index in [1.165, 1.54) is 17.2 Å². The first-order valence-electron chi connectivity index (χ1n) is 9.91. The lowest BCUT2D eigenvalue weighted by atomic mass is 10.1. The maximum atomic E-state index is 14.1. The highest BCUT2D eigenvalue weighted by molar-refractivity contribution is 5.53. The van der Waals surface area contributed by atoms with Gasteiger partial charge in [0, 0.05) is 12.8 Å². The number of nitrogens with zero attached hydrogens (tertiary/aromatic N) is 3. The second kappa shape index (κ2) is 8.82. The number of aromatic nitrogens is 3. The van der Waals surface area contributed by atoms with Crippen LogP contribution in [0.2, 0.25) is 0 Å². The Morgan fingerprint density at radius 1 is 0.700 bits per heavy atom. The number of para-hydroxylation sites is 1. The van der Waals surface area contributed by atoms with Gasteiger partial charge in [0.1, 0.15) is 17.5 Å². The quantitative estimate of drug-likeness (QED) is 0.462. The van der Waals surface area contributed by atoms with Crippen molar-refractivity contribution < 1.29 is 4.39 Å². The molecular formula is C25H23FN4. The lowest BCUT2D eigenvalue weighted by Crippen LogP contribution is -2.09. The molecule has 0 bridgehead atoms. The van der Waals surface area contributed by atoms with Crippen molar-refractivity contribution >= 4 is 11.6 Å². The van der Waals surface area contributed by atoms with Crippen LogP contribution in [0.3, 0.4) is 0 Å². The van der Waals surface area contributed by atoms with Gasteiger partial charge in [0.15, 0.2) is 0 Å². The zero-order chi connectivity index (χ0) is 20.9. The van der Waals surface area contributed by atoms with E-state index in [-0.39, 0.29) is 5.82 Å². The molecule has 1 aromatic heterocycles. The summed E-state index contributed by atoms with van der Waals surface area (Å²) < 4.78 is 14.1. The molecule has 0 aliphatic rings. The Balaban J connectivity index is 1.68. The van der Waals surface area contributed by atoms with Gasteiger partial charge in [0.25, 0.3) is 0 Å². The van der Waals surface area contributed by atoms with E-state index in [1.54, 1.807) is 18.2 Å². The molecular weight excluding hydrogens is 375 g/mol. The van der Waals surface area contributed by atoms with Crippen LogP contribution in [0.5, 0.6) is 0 Å². The zero-order valence-corrected chi connectivity index (χ0v) is 17.1. The molecule has 0 amide bonds. The van der Waals surface area contributed by atoms with Gasteiger partial charge in [0.05, 0.1) is 5.69 Å². The maximum absolute atomic E-state index is 14.1. The Labute approximate surface area is 175 Å². The Morgan fingerprint density at radius 3 is 1.80 bits per heavy atom. The third-order valence-electron chi connectivity index (χ3n) is 4.74. The van der Waals surface area contributed by atoms with Crippen molar-refractivity contribution in [2.45, 2.75) is 26.7 Å². The van der Waals surface area contributed by atoms with Gasteiger partial charge in [-0.15, -0.1) is 0 Å². The third-order valence-corrected chi connectivity index (χ3v) is 4.74. The molecule has 0 atom stereocenters. The number of hydrogen-bond donors (Lipinski definition) is 1. The minimum absolute atomic E-state index is 0.340. The van der Waals surface area contributed by atoms with Gasteiger partial charge in [0.2, 0.25) is 5.95 Å². The highest BCUT2D eigenvalue weighted by Gasteiger charge is 2.11. The Kier molecular flexibility index (Phi) is 5.80. The van der Waals surface area contributed by atoms with E-state index >= 15 is 0 Å². The number of anilines is 2. The molecule has 0 saturated heterocycles. The molecule has 3 aromatic carbocycles. The summed E-state index contributed by atoms with van der Waals surface area (Å²) in [6, 6.07) is 23.0. The fraction of sp³-hybridized carbons (Fsp3) is 0.160. The summed E-state index contributed by atoms with van der Waals surface area (Å²) in [7, 11) is 0. The normalized spacial score (nSPS) is 10.8. The van der Waals surface area contributed by atoms with Crippen molar-refractivity contribution in [3.8, 4) is 0 Å². The molecule has 1 heterocycles. The topological polar surface area (TPSA) is 50.7 Å². The van der Waals surface area contributed by atoms with Crippen LogP contribution in [0, 0.1) is 19.7 Å². The number of rotatable bonds is 6. The number of aryl methyl sites for hydroxylation is 2. The molecule has 0 radical (unpaired) electrons. The fourth-order valence-corrected chi connectivity index (χ4v) is 3.37.